The molecule has 0 radical (unpaired) electrons. The van der Waals surface area contributed by atoms with Crippen LogP contribution in [0.2, 0.25) is 0 Å². The van der Waals surface area contributed by atoms with Crippen LogP contribution in [0.15, 0.2) is 35.7 Å². The van der Waals surface area contributed by atoms with E-state index in [0.29, 0.717) is 12.8 Å². The zero-order valence-electron chi connectivity index (χ0n) is 14.1. The van der Waals surface area contributed by atoms with Crippen molar-refractivity contribution >= 4 is 17.3 Å². The van der Waals surface area contributed by atoms with Crippen LogP contribution in [-0.4, -0.2) is 36.2 Å². The number of carboxylic acids is 1. The Morgan fingerprint density at radius 1 is 1.25 bits per heavy atom. The van der Waals surface area contributed by atoms with Crippen molar-refractivity contribution in [3.8, 4) is 5.75 Å². The van der Waals surface area contributed by atoms with Gasteiger partial charge in [0.1, 0.15) is 5.75 Å². The van der Waals surface area contributed by atoms with Crippen LogP contribution < -0.4 is 4.74 Å². The number of rotatable bonds is 5. The van der Waals surface area contributed by atoms with Crippen LogP contribution >= 0.6 is 11.3 Å². The monoisotopic (exact) mass is 345 g/mol. The Labute approximate surface area is 146 Å². The van der Waals surface area contributed by atoms with Crippen LogP contribution in [0.3, 0.4) is 0 Å². The maximum atomic E-state index is 11.2. The molecular weight excluding hydrogens is 322 g/mol. The Balaban J connectivity index is 1.88. The number of nitrogens with zero attached hydrogens (tertiary/aromatic N) is 1. The lowest BCUT2D eigenvalue weighted by Gasteiger charge is -2.36. The van der Waals surface area contributed by atoms with Gasteiger partial charge in [-0.15, -0.1) is 11.3 Å². The number of hydrogen-bond donors (Lipinski definition) is 1. The lowest BCUT2D eigenvalue weighted by molar-refractivity contribution is -0.143. The molecule has 0 aliphatic carbocycles. The minimum Gasteiger partial charge on any atom is -0.497 e. The molecule has 0 saturated carbocycles. The molecule has 24 heavy (non-hydrogen) atoms. The van der Waals surface area contributed by atoms with E-state index in [0.717, 1.165) is 18.8 Å². The van der Waals surface area contributed by atoms with Crippen molar-refractivity contribution in [2.24, 2.45) is 5.92 Å². The molecule has 2 heterocycles. The van der Waals surface area contributed by atoms with E-state index >= 15 is 0 Å². The van der Waals surface area contributed by atoms with E-state index in [-0.39, 0.29) is 12.0 Å². The molecule has 1 aromatic heterocycles. The summed E-state index contributed by atoms with van der Waals surface area (Å²) in [5, 5.41) is 11.4. The number of hydrogen-bond acceptors (Lipinski definition) is 4. The van der Waals surface area contributed by atoms with Crippen LogP contribution in [0.1, 0.15) is 34.9 Å². The van der Waals surface area contributed by atoms with E-state index in [2.05, 4.69) is 35.4 Å². The van der Waals surface area contributed by atoms with E-state index in [1.165, 1.54) is 16.0 Å². The number of carbonyl (C=O) groups is 1. The molecule has 0 amide bonds. The number of likely N-dealkylation sites (tertiary alicyclic amines) is 1. The Hall–Kier alpha value is -1.85. The summed E-state index contributed by atoms with van der Waals surface area (Å²) in [7, 11) is 1.67. The van der Waals surface area contributed by atoms with Gasteiger partial charge in [0.05, 0.1) is 19.1 Å². The number of thiophene rings is 1. The van der Waals surface area contributed by atoms with Gasteiger partial charge >= 0.3 is 5.97 Å². The first-order chi connectivity index (χ1) is 11.6. The second-order valence-corrected chi connectivity index (χ2v) is 7.24. The fraction of sp³-hybridized carbons (Fsp3) is 0.421. The van der Waals surface area contributed by atoms with Crippen LogP contribution in [0.5, 0.6) is 5.75 Å². The molecule has 3 rings (SSSR count). The lowest BCUT2D eigenvalue weighted by Crippen LogP contribution is -2.39. The van der Waals surface area contributed by atoms with Crippen molar-refractivity contribution < 1.29 is 14.6 Å². The highest BCUT2D eigenvalue weighted by molar-refractivity contribution is 7.10. The van der Waals surface area contributed by atoms with Gasteiger partial charge in [-0.3, -0.25) is 9.69 Å². The first kappa shape index (κ1) is 17.0. The molecule has 1 unspecified atom stereocenters. The van der Waals surface area contributed by atoms with Crippen LogP contribution in [0, 0.1) is 12.8 Å². The smallest absolute Gasteiger partial charge is 0.306 e. The molecule has 1 atom stereocenters. The van der Waals surface area contributed by atoms with E-state index < -0.39 is 5.97 Å². The van der Waals surface area contributed by atoms with Gasteiger partial charge in [-0.05, 0) is 67.6 Å². The summed E-state index contributed by atoms with van der Waals surface area (Å²) in [4.78, 5) is 15.0. The highest BCUT2D eigenvalue weighted by Gasteiger charge is 2.31. The van der Waals surface area contributed by atoms with Gasteiger partial charge in [0, 0.05) is 4.88 Å². The predicted octanol–water partition coefficient (Wildman–Crippen LogP) is 3.95. The first-order valence-corrected chi connectivity index (χ1v) is 9.13. The molecular formula is C19H23NO3S. The maximum Gasteiger partial charge on any atom is 0.306 e. The summed E-state index contributed by atoms with van der Waals surface area (Å²) >= 11 is 1.77. The van der Waals surface area contributed by atoms with Crippen molar-refractivity contribution in [3.63, 3.8) is 0 Å². The number of piperidine rings is 1. The maximum absolute atomic E-state index is 11.2. The fourth-order valence-electron chi connectivity index (χ4n) is 3.38. The third kappa shape index (κ3) is 3.47. The summed E-state index contributed by atoms with van der Waals surface area (Å²) in [6, 6.07) is 10.6. The third-order valence-electron chi connectivity index (χ3n) is 4.83. The number of aliphatic carboxylic acids is 1. The van der Waals surface area contributed by atoms with Gasteiger partial charge in [0.15, 0.2) is 0 Å². The molecule has 1 fully saturated rings. The predicted molar refractivity (Wildman–Crippen MR) is 95.8 cm³/mol. The zero-order valence-corrected chi connectivity index (χ0v) is 14.9. The number of ether oxygens (including phenoxy) is 1. The normalized spacial score (nSPS) is 17.6. The quantitative estimate of drug-likeness (QED) is 0.891. The zero-order chi connectivity index (χ0) is 17.1. The summed E-state index contributed by atoms with van der Waals surface area (Å²) in [6.07, 6.45) is 1.43. The standard InChI is InChI=1S/C19H23NO3S/c1-13-9-12-24-18(13)17(14-3-5-16(23-2)6-4-14)20-10-7-15(8-11-20)19(21)22/h3-6,9,12,15,17H,7-8,10-11H2,1-2H3,(H,21,22). The van der Waals surface area contributed by atoms with Gasteiger partial charge in [0.25, 0.3) is 0 Å². The molecule has 0 bridgehead atoms. The third-order valence-corrected chi connectivity index (χ3v) is 5.90. The fourth-order valence-corrected chi connectivity index (χ4v) is 4.47. The number of benzene rings is 1. The molecule has 5 heteroatoms. The van der Waals surface area contributed by atoms with Crippen molar-refractivity contribution in [1.82, 2.24) is 4.90 Å². The Morgan fingerprint density at radius 3 is 2.42 bits per heavy atom. The minimum absolute atomic E-state index is 0.186. The highest BCUT2D eigenvalue weighted by atomic mass is 32.1. The van der Waals surface area contributed by atoms with Crippen molar-refractivity contribution in [2.75, 3.05) is 20.2 Å². The largest absolute Gasteiger partial charge is 0.497 e. The van der Waals surface area contributed by atoms with E-state index in [1.807, 2.05) is 12.1 Å². The number of carboxylic acid groups (broad SMARTS) is 1. The van der Waals surface area contributed by atoms with Crippen LogP contribution in [0.4, 0.5) is 0 Å². The van der Waals surface area contributed by atoms with Gasteiger partial charge in [-0.25, -0.2) is 0 Å². The summed E-state index contributed by atoms with van der Waals surface area (Å²) in [5.41, 5.74) is 2.52. The van der Waals surface area contributed by atoms with Crippen LogP contribution in [-0.2, 0) is 4.79 Å². The molecule has 2 aromatic rings. The summed E-state index contributed by atoms with van der Waals surface area (Å²) in [6.45, 7) is 3.77. The van der Waals surface area contributed by atoms with E-state index in [9.17, 15) is 9.90 Å². The molecule has 0 spiro atoms. The molecule has 128 valence electrons. The van der Waals surface area contributed by atoms with Gasteiger partial charge in [-0.2, -0.15) is 0 Å². The SMILES string of the molecule is COc1ccc(C(c2sccc2C)N2CCC(C(=O)O)CC2)cc1. The lowest BCUT2D eigenvalue weighted by atomic mass is 9.93. The van der Waals surface area contributed by atoms with Gasteiger partial charge in [0.2, 0.25) is 0 Å². The van der Waals surface area contributed by atoms with Crippen LogP contribution in [0.25, 0.3) is 0 Å². The van der Waals surface area contributed by atoms with E-state index in [4.69, 9.17) is 4.74 Å². The molecule has 1 aliphatic rings. The van der Waals surface area contributed by atoms with E-state index in [1.54, 1.807) is 18.4 Å². The molecule has 1 aliphatic heterocycles. The average Bonchev–Trinajstić information content (AvgIpc) is 3.02. The summed E-state index contributed by atoms with van der Waals surface area (Å²) < 4.78 is 5.27. The Morgan fingerprint density at radius 2 is 1.92 bits per heavy atom. The average molecular weight is 345 g/mol. The molecule has 4 nitrogen and oxygen atoms in total. The van der Waals surface area contributed by atoms with Gasteiger partial charge < -0.3 is 9.84 Å². The van der Waals surface area contributed by atoms with Crippen molar-refractivity contribution in [1.29, 1.82) is 0 Å². The molecule has 1 saturated heterocycles. The number of methoxy groups -OCH3 is 1. The summed E-state index contributed by atoms with van der Waals surface area (Å²) in [5.74, 6) is -0.0184. The van der Waals surface area contributed by atoms with Crippen molar-refractivity contribution in [2.45, 2.75) is 25.8 Å². The van der Waals surface area contributed by atoms with Gasteiger partial charge in [-0.1, -0.05) is 12.1 Å². The molecule has 1 aromatic carbocycles. The second-order valence-electron chi connectivity index (χ2n) is 6.29. The topological polar surface area (TPSA) is 49.8 Å². The number of aryl methyl sites for hydroxylation is 1. The minimum atomic E-state index is -0.664. The Kier molecular flexibility index (Phi) is 5.21. The highest BCUT2D eigenvalue weighted by Crippen LogP contribution is 2.37. The first-order valence-electron chi connectivity index (χ1n) is 8.25. The second kappa shape index (κ2) is 7.36. The molecule has 1 N–H and O–H groups in total. The Bertz CT molecular complexity index is 687. The van der Waals surface area contributed by atoms with Crippen molar-refractivity contribution in [3.05, 3.63) is 51.7 Å².